The average molecular weight is 248 g/mol. The molecule has 1 aliphatic heterocycles. The largest absolute Gasteiger partial charge is 0.389 e. The lowest BCUT2D eigenvalue weighted by molar-refractivity contribution is 0.284. The van der Waals surface area contributed by atoms with Gasteiger partial charge in [-0.15, -0.1) is 0 Å². The van der Waals surface area contributed by atoms with Crippen molar-refractivity contribution in [1.29, 1.82) is 0 Å². The van der Waals surface area contributed by atoms with Crippen LogP contribution >= 0.6 is 12.2 Å². The first-order valence-corrected chi connectivity index (χ1v) is 6.49. The molecule has 1 aliphatic rings. The van der Waals surface area contributed by atoms with Crippen LogP contribution < -0.4 is 5.73 Å². The number of nitrogens with zero attached hydrogens (tertiary/aromatic N) is 1. The Hall–Kier alpha value is -0.930. The van der Waals surface area contributed by atoms with Gasteiger partial charge in [-0.1, -0.05) is 50.3 Å². The highest BCUT2D eigenvalue weighted by Gasteiger charge is 2.29. The van der Waals surface area contributed by atoms with Crippen LogP contribution in [0.3, 0.4) is 0 Å². The SMILES string of the molecule is CC1(C)CCN(Cc2ccccc2C(N)=S)C1. The summed E-state index contributed by atoms with van der Waals surface area (Å²) < 4.78 is 0. The first kappa shape index (κ1) is 12.5. The Balaban J connectivity index is 2.12. The van der Waals surface area contributed by atoms with E-state index in [1.807, 2.05) is 12.1 Å². The van der Waals surface area contributed by atoms with Gasteiger partial charge in [-0.05, 0) is 23.9 Å². The standard InChI is InChI=1S/C14H20N2S/c1-14(2)7-8-16(10-14)9-11-5-3-4-6-12(11)13(15)17/h3-6H,7-10H2,1-2H3,(H2,15,17). The Bertz CT molecular complexity index is 426. The van der Waals surface area contributed by atoms with Crippen molar-refractivity contribution in [2.75, 3.05) is 13.1 Å². The van der Waals surface area contributed by atoms with Crippen LogP contribution in [0.1, 0.15) is 31.4 Å². The van der Waals surface area contributed by atoms with Crippen LogP contribution in [0.15, 0.2) is 24.3 Å². The van der Waals surface area contributed by atoms with Crippen LogP contribution in [0, 0.1) is 5.41 Å². The number of benzene rings is 1. The van der Waals surface area contributed by atoms with Crippen LogP contribution in [-0.2, 0) is 6.54 Å². The Kier molecular flexibility index (Phi) is 3.50. The summed E-state index contributed by atoms with van der Waals surface area (Å²) >= 11 is 5.09. The maximum atomic E-state index is 5.76. The van der Waals surface area contributed by atoms with Crippen molar-refractivity contribution >= 4 is 17.2 Å². The monoisotopic (exact) mass is 248 g/mol. The van der Waals surface area contributed by atoms with Crippen LogP contribution in [0.5, 0.6) is 0 Å². The van der Waals surface area contributed by atoms with E-state index < -0.39 is 0 Å². The molecular weight excluding hydrogens is 228 g/mol. The smallest absolute Gasteiger partial charge is 0.104 e. The minimum atomic E-state index is 0.443. The van der Waals surface area contributed by atoms with Gasteiger partial charge in [0.25, 0.3) is 0 Å². The molecule has 2 nitrogen and oxygen atoms in total. The fourth-order valence-electron chi connectivity index (χ4n) is 2.50. The summed E-state index contributed by atoms with van der Waals surface area (Å²) in [6, 6.07) is 8.18. The van der Waals surface area contributed by atoms with Crippen LogP contribution in [0.4, 0.5) is 0 Å². The second-order valence-corrected chi connectivity index (χ2v) is 6.09. The van der Waals surface area contributed by atoms with E-state index in [9.17, 15) is 0 Å². The molecule has 0 aromatic heterocycles. The molecule has 2 N–H and O–H groups in total. The Morgan fingerprint density at radius 2 is 2.12 bits per heavy atom. The van der Waals surface area contributed by atoms with Gasteiger partial charge in [0.1, 0.15) is 4.99 Å². The lowest BCUT2D eigenvalue weighted by atomic mass is 9.93. The van der Waals surface area contributed by atoms with E-state index in [0.29, 0.717) is 10.4 Å². The van der Waals surface area contributed by atoms with Crippen molar-refractivity contribution < 1.29 is 0 Å². The fraction of sp³-hybridized carbons (Fsp3) is 0.500. The van der Waals surface area contributed by atoms with Crippen molar-refractivity contribution in [2.45, 2.75) is 26.8 Å². The van der Waals surface area contributed by atoms with Gasteiger partial charge in [0.15, 0.2) is 0 Å². The third kappa shape index (κ3) is 3.05. The normalized spacial score (nSPS) is 19.4. The lowest BCUT2D eigenvalue weighted by Gasteiger charge is -2.20. The molecular formula is C14H20N2S. The Labute approximate surface area is 109 Å². The van der Waals surface area contributed by atoms with Gasteiger partial charge in [-0.2, -0.15) is 0 Å². The van der Waals surface area contributed by atoms with Crippen molar-refractivity contribution in [1.82, 2.24) is 4.90 Å². The number of likely N-dealkylation sites (tertiary alicyclic amines) is 1. The molecule has 1 aromatic carbocycles. The topological polar surface area (TPSA) is 29.3 Å². The maximum Gasteiger partial charge on any atom is 0.104 e. The second-order valence-electron chi connectivity index (χ2n) is 5.65. The molecule has 0 bridgehead atoms. The van der Waals surface area contributed by atoms with Gasteiger partial charge in [0, 0.05) is 18.7 Å². The van der Waals surface area contributed by atoms with Crippen LogP contribution in [-0.4, -0.2) is 23.0 Å². The van der Waals surface area contributed by atoms with Crippen molar-refractivity contribution in [3.63, 3.8) is 0 Å². The highest BCUT2D eigenvalue weighted by molar-refractivity contribution is 7.80. The van der Waals surface area contributed by atoms with Gasteiger partial charge in [-0.25, -0.2) is 0 Å². The zero-order valence-corrected chi connectivity index (χ0v) is 11.4. The van der Waals surface area contributed by atoms with Crippen molar-refractivity contribution in [3.8, 4) is 0 Å². The van der Waals surface area contributed by atoms with E-state index in [4.69, 9.17) is 18.0 Å². The third-order valence-corrected chi connectivity index (χ3v) is 3.65. The first-order chi connectivity index (χ1) is 7.98. The highest BCUT2D eigenvalue weighted by atomic mass is 32.1. The summed E-state index contributed by atoms with van der Waals surface area (Å²) in [6.07, 6.45) is 1.27. The predicted molar refractivity (Wildman–Crippen MR) is 76.0 cm³/mol. The molecule has 0 saturated carbocycles. The molecule has 0 atom stereocenters. The summed E-state index contributed by atoms with van der Waals surface area (Å²) in [6.45, 7) is 7.92. The molecule has 0 aliphatic carbocycles. The molecule has 2 rings (SSSR count). The Morgan fingerprint density at radius 3 is 2.71 bits per heavy atom. The quantitative estimate of drug-likeness (QED) is 0.834. The predicted octanol–water partition coefficient (Wildman–Crippen LogP) is 2.55. The van der Waals surface area contributed by atoms with Crippen LogP contribution in [0.2, 0.25) is 0 Å². The summed E-state index contributed by atoms with van der Waals surface area (Å²) in [5.41, 5.74) is 8.47. The maximum absolute atomic E-state index is 5.76. The minimum Gasteiger partial charge on any atom is -0.389 e. The molecule has 0 amide bonds. The molecule has 1 saturated heterocycles. The zero-order chi connectivity index (χ0) is 12.5. The minimum absolute atomic E-state index is 0.443. The number of hydrogen-bond donors (Lipinski definition) is 1. The summed E-state index contributed by atoms with van der Waals surface area (Å²) in [5.74, 6) is 0. The summed E-state index contributed by atoms with van der Waals surface area (Å²) in [4.78, 5) is 2.98. The lowest BCUT2D eigenvalue weighted by Crippen LogP contribution is -2.24. The average Bonchev–Trinajstić information content (AvgIpc) is 2.58. The highest BCUT2D eigenvalue weighted by Crippen LogP contribution is 2.30. The number of rotatable bonds is 3. The van der Waals surface area contributed by atoms with Gasteiger partial charge >= 0.3 is 0 Å². The van der Waals surface area contributed by atoms with Gasteiger partial charge in [0.05, 0.1) is 0 Å². The molecule has 1 fully saturated rings. The molecule has 1 aromatic rings. The molecule has 17 heavy (non-hydrogen) atoms. The fourth-order valence-corrected chi connectivity index (χ4v) is 2.70. The van der Waals surface area contributed by atoms with Gasteiger partial charge in [0.2, 0.25) is 0 Å². The van der Waals surface area contributed by atoms with Gasteiger partial charge in [-0.3, -0.25) is 4.90 Å². The van der Waals surface area contributed by atoms with E-state index >= 15 is 0 Å². The first-order valence-electron chi connectivity index (χ1n) is 6.08. The molecule has 3 heteroatoms. The summed E-state index contributed by atoms with van der Waals surface area (Å²) in [5, 5.41) is 0. The second kappa shape index (κ2) is 4.75. The van der Waals surface area contributed by atoms with E-state index in [1.54, 1.807) is 0 Å². The number of thiocarbonyl (C=S) groups is 1. The Morgan fingerprint density at radius 1 is 1.41 bits per heavy atom. The zero-order valence-electron chi connectivity index (χ0n) is 10.6. The number of nitrogens with two attached hydrogens (primary N) is 1. The molecule has 0 spiro atoms. The number of hydrogen-bond acceptors (Lipinski definition) is 2. The van der Waals surface area contributed by atoms with Crippen LogP contribution in [0.25, 0.3) is 0 Å². The third-order valence-electron chi connectivity index (χ3n) is 3.43. The van der Waals surface area contributed by atoms with Gasteiger partial charge < -0.3 is 5.73 Å². The van der Waals surface area contributed by atoms with E-state index in [-0.39, 0.29) is 0 Å². The summed E-state index contributed by atoms with van der Waals surface area (Å²) in [7, 11) is 0. The van der Waals surface area contributed by atoms with Crippen molar-refractivity contribution in [3.05, 3.63) is 35.4 Å². The van der Waals surface area contributed by atoms with Crippen molar-refractivity contribution in [2.24, 2.45) is 11.1 Å². The molecule has 1 heterocycles. The molecule has 0 radical (unpaired) electrons. The van der Waals surface area contributed by atoms with E-state index in [1.165, 1.54) is 18.5 Å². The molecule has 92 valence electrons. The van der Waals surface area contributed by atoms with E-state index in [0.717, 1.165) is 18.7 Å². The van der Waals surface area contributed by atoms with E-state index in [2.05, 4.69) is 30.9 Å². The molecule has 0 unspecified atom stereocenters.